The van der Waals surface area contributed by atoms with Crippen LogP contribution in [0.2, 0.25) is 0 Å². The van der Waals surface area contributed by atoms with Crippen molar-refractivity contribution in [1.82, 2.24) is 19.8 Å². The van der Waals surface area contributed by atoms with E-state index in [1.165, 1.54) is 56.0 Å². The lowest BCUT2D eigenvalue weighted by Crippen LogP contribution is -2.37. The number of nitrogens with one attached hydrogen (secondary N) is 1. The summed E-state index contributed by atoms with van der Waals surface area (Å²) in [5.41, 5.74) is 1.71. The van der Waals surface area contributed by atoms with Gasteiger partial charge in [-0.25, -0.2) is 9.37 Å². The highest BCUT2D eigenvalue weighted by molar-refractivity contribution is 5.84. The highest BCUT2D eigenvalue weighted by Crippen LogP contribution is 2.28. The van der Waals surface area contributed by atoms with Gasteiger partial charge in [0.15, 0.2) is 11.6 Å². The van der Waals surface area contributed by atoms with Gasteiger partial charge in [-0.15, -0.1) is 0 Å². The van der Waals surface area contributed by atoms with E-state index in [1.54, 1.807) is 6.07 Å². The molecule has 8 nitrogen and oxygen atoms in total. The second kappa shape index (κ2) is 12.4. The van der Waals surface area contributed by atoms with Crippen LogP contribution < -0.4 is 20.5 Å². The first-order valence-electron chi connectivity index (χ1n) is 14.5. The van der Waals surface area contributed by atoms with E-state index in [2.05, 4.69) is 15.1 Å². The van der Waals surface area contributed by atoms with Crippen molar-refractivity contribution < 1.29 is 13.9 Å². The predicted octanol–water partition coefficient (Wildman–Crippen LogP) is 4.44. The number of carbonyl (C=O) groups excluding carboxylic acids is 1. The number of nitrogens with zero attached hydrogens (tertiary/aromatic N) is 4. The number of aromatic nitrogens is 2. The molecule has 1 saturated heterocycles. The molecule has 40 heavy (non-hydrogen) atoms. The molecule has 2 aromatic carbocycles. The van der Waals surface area contributed by atoms with Gasteiger partial charge in [-0.3, -0.25) is 14.2 Å². The molecule has 0 unspecified atom stereocenters. The molecule has 0 radical (unpaired) electrons. The number of amides is 1. The van der Waals surface area contributed by atoms with Crippen LogP contribution in [-0.4, -0.2) is 66.2 Å². The Bertz CT molecular complexity index is 1420. The Labute approximate surface area is 235 Å². The summed E-state index contributed by atoms with van der Waals surface area (Å²) in [5.74, 6) is 0.366. The average Bonchev–Trinajstić information content (AvgIpc) is 3.33. The predicted molar refractivity (Wildman–Crippen MR) is 156 cm³/mol. The summed E-state index contributed by atoms with van der Waals surface area (Å²) in [6.45, 7) is 8.68. The van der Waals surface area contributed by atoms with Gasteiger partial charge in [-0.2, -0.15) is 0 Å². The van der Waals surface area contributed by atoms with Gasteiger partial charge in [-0.05, 0) is 82.0 Å². The minimum absolute atomic E-state index is 0.0449. The van der Waals surface area contributed by atoms with Gasteiger partial charge in [0, 0.05) is 43.5 Å². The Hall–Kier alpha value is -3.46. The van der Waals surface area contributed by atoms with E-state index in [4.69, 9.17) is 9.72 Å². The van der Waals surface area contributed by atoms with Crippen LogP contribution in [0.3, 0.4) is 0 Å². The van der Waals surface area contributed by atoms with Crippen molar-refractivity contribution in [3.63, 3.8) is 0 Å². The lowest BCUT2D eigenvalue weighted by Gasteiger charge is -2.25. The third-order valence-corrected chi connectivity index (χ3v) is 8.04. The molecule has 2 aliphatic rings. The fraction of sp³-hybridized carbons (Fsp3) is 0.516. The molecule has 5 rings (SSSR count). The van der Waals surface area contributed by atoms with Crippen LogP contribution in [-0.2, 0) is 11.3 Å². The van der Waals surface area contributed by atoms with Gasteiger partial charge in [0.05, 0.1) is 18.0 Å². The molecule has 3 aromatic rings. The first-order chi connectivity index (χ1) is 19.3. The fourth-order valence-corrected chi connectivity index (χ4v) is 6.05. The molecular formula is C31H40FN5O3. The second-order valence-corrected chi connectivity index (χ2v) is 11.4. The zero-order chi connectivity index (χ0) is 28.2. The van der Waals surface area contributed by atoms with Crippen molar-refractivity contribution in [1.29, 1.82) is 0 Å². The van der Waals surface area contributed by atoms with Crippen LogP contribution >= 0.6 is 0 Å². The zero-order valence-electron chi connectivity index (χ0n) is 23.8. The average molecular weight is 550 g/mol. The van der Waals surface area contributed by atoms with Crippen molar-refractivity contribution in [2.75, 3.05) is 44.7 Å². The van der Waals surface area contributed by atoms with Crippen LogP contribution in [0.5, 0.6) is 5.75 Å². The highest BCUT2D eigenvalue weighted by Gasteiger charge is 2.22. The fourth-order valence-electron chi connectivity index (χ4n) is 6.05. The number of fused-ring (bicyclic) bond motifs is 1. The molecule has 214 valence electrons. The van der Waals surface area contributed by atoms with Crippen LogP contribution in [0.25, 0.3) is 22.3 Å². The van der Waals surface area contributed by atoms with E-state index in [0.717, 1.165) is 44.2 Å². The van der Waals surface area contributed by atoms with E-state index in [9.17, 15) is 14.0 Å². The monoisotopic (exact) mass is 549 g/mol. The minimum atomic E-state index is -0.512. The van der Waals surface area contributed by atoms with Crippen LogP contribution in [0, 0.1) is 11.7 Å². The molecule has 0 spiro atoms. The first-order valence-corrected chi connectivity index (χ1v) is 14.5. The number of anilines is 1. The van der Waals surface area contributed by atoms with E-state index in [1.807, 2.05) is 32.0 Å². The van der Waals surface area contributed by atoms with Crippen LogP contribution in [0.15, 0.2) is 41.2 Å². The van der Waals surface area contributed by atoms with Gasteiger partial charge in [0.2, 0.25) is 5.91 Å². The molecular weight excluding hydrogens is 509 g/mol. The van der Waals surface area contributed by atoms with Crippen molar-refractivity contribution in [2.24, 2.45) is 5.92 Å². The Morgan fingerprint density at radius 2 is 1.88 bits per heavy atom. The Balaban J connectivity index is 1.48. The van der Waals surface area contributed by atoms with Gasteiger partial charge >= 0.3 is 0 Å². The third-order valence-electron chi connectivity index (χ3n) is 8.04. The Kier molecular flexibility index (Phi) is 8.69. The molecule has 0 bridgehead atoms. The maximum atomic E-state index is 14.2. The summed E-state index contributed by atoms with van der Waals surface area (Å²) < 4.78 is 20.7. The largest absolute Gasteiger partial charge is 0.494 e. The van der Waals surface area contributed by atoms with E-state index in [-0.39, 0.29) is 29.8 Å². The molecule has 1 amide bonds. The highest BCUT2D eigenvalue weighted by atomic mass is 19.1. The maximum absolute atomic E-state index is 14.2. The molecule has 1 aliphatic heterocycles. The summed E-state index contributed by atoms with van der Waals surface area (Å²) in [6.07, 6.45) is 6.51. The van der Waals surface area contributed by atoms with E-state index >= 15 is 0 Å². The number of rotatable bonds is 8. The SMILES string of the molecule is COc1cc(-c2nc3ccc(N4CCCN(CC5CCCC5)CC4)cc3c(=O)n2CC(=O)NC(C)C)ccc1F. The number of benzene rings is 2. The number of halogens is 1. The normalized spacial score (nSPS) is 17.0. The zero-order valence-corrected chi connectivity index (χ0v) is 23.8. The summed E-state index contributed by atoms with van der Waals surface area (Å²) in [5, 5.41) is 3.31. The number of methoxy groups -OCH3 is 1. The van der Waals surface area contributed by atoms with Gasteiger partial charge in [-0.1, -0.05) is 12.8 Å². The molecule has 1 saturated carbocycles. The molecule has 1 aliphatic carbocycles. The minimum Gasteiger partial charge on any atom is -0.494 e. The smallest absolute Gasteiger partial charge is 0.262 e. The number of hydrogen-bond donors (Lipinski definition) is 1. The number of hydrogen-bond acceptors (Lipinski definition) is 6. The van der Waals surface area contributed by atoms with Gasteiger partial charge in [0.25, 0.3) is 5.56 Å². The Morgan fingerprint density at radius 1 is 1.07 bits per heavy atom. The molecule has 2 fully saturated rings. The standard InChI is InChI=1S/C31H40FN5O3/c1-21(2)33-29(38)20-37-30(23-9-11-26(32)28(17-23)40-3)34-27-12-10-24(18-25(27)31(37)39)36-14-6-13-35(15-16-36)19-22-7-4-5-8-22/h9-12,17-18,21-22H,4-8,13-16,19-20H2,1-3H3,(H,33,38). The second-order valence-electron chi connectivity index (χ2n) is 11.4. The number of ether oxygens (including phenoxy) is 1. The van der Waals surface area contributed by atoms with Crippen LogP contribution in [0.4, 0.5) is 10.1 Å². The summed E-state index contributed by atoms with van der Waals surface area (Å²) in [4.78, 5) is 36.5. The molecule has 2 heterocycles. The van der Waals surface area contributed by atoms with Crippen molar-refractivity contribution in [3.8, 4) is 17.1 Å². The summed E-state index contributed by atoms with van der Waals surface area (Å²) in [7, 11) is 1.39. The summed E-state index contributed by atoms with van der Waals surface area (Å²) in [6, 6.07) is 10.1. The lowest BCUT2D eigenvalue weighted by atomic mass is 10.1. The maximum Gasteiger partial charge on any atom is 0.262 e. The Morgan fingerprint density at radius 3 is 2.62 bits per heavy atom. The van der Waals surface area contributed by atoms with E-state index in [0.29, 0.717) is 22.3 Å². The number of carbonyl (C=O) groups is 1. The molecule has 1 N–H and O–H groups in total. The van der Waals surface area contributed by atoms with Gasteiger partial charge < -0.3 is 19.9 Å². The first kappa shape index (κ1) is 28.1. The lowest BCUT2D eigenvalue weighted by molar-refractivity contribution is -0.122. The van der Waals surface area contributed by atoms with Crippen LogP contribution in [0.1, 0.15) is 46.0 Å². The van der Waals surface area contributed by atoms with Crippen molar-refractivity contribution in [2.45, 2.75) is 58.5 Å². The summed E-state index contributed by atoms with van der Waals surface area (Å²) >= 11 is 0. The molecule has 0 atom stereocenters. The third kappa shape index (κ3) is 6.30. The molecule has 1 aromatic heterocycles. The van der Waals surface area contributed by atoms with Gasteiger partial charge in [0.1, 0.15) is 12.4 Å². The molecule has 9 heteroatoms. The van der Waals surface area contributed by atoms with Crippen molar-refractivity contribution >= 4 is 22.5 Å². The topological polar surface area (TPSA) is 79.7 Å². The van der Waals surface area contributed by atoms with E-state index < -0.39 is 5.82 Å². The van der Waals surface area contributed by atoms with Crippen molar-refractivity contribution in [3.05, 3.63) is 52.6 Å². The quantitative estimate of drug-likeness (QED) is 0.448.